The summed E-state index contributed by atoms with van der Waals surface area (Å²) in [5.74, 6) is 0.433. The number of anilines is 2. The molecule has 1 amide bonds. The number of nitrogens with one attached hydrogen (secondary N) is 1. The summed E-state index contributed by atoms with van der Waals surface area (Å²) in [4.78, 5) is 12.0. The largest absolute Gasteiger partial charge is 0.495 e. The zero-order valence-electron chi connectivity index (χ0n) is 11.8. The van der Waals surface area contributed by atoms with E-state index in [2.05, 4.69) is 10.4 Å². The zero-order chi connectivity index (χ0) is 14.7. The third-order valence-electron chi connectivity index (χ3n) is 2.91. The number of ether oxygens (including phenoxy) is 1. The van der Waals surface area contributed by atoms with Crippen LogP contribution in [0.25, 0.3) is 0 Å². The second-order valence-corrected chi connectivity index (χ2v) is 4.59. The first-order valence-corrected chi connectivity index (χ1v) is 6.24. The molecule has 1 heterocycles. The summed E-state index contributed by atoms with van der Waals surface area (Å²) in [7, 11) is 1.55. The van der Waals surface area contributed by atoms with Crippen LogP contribution in [0.5, 0.6) is 5.75 Å². The number of carbonyl (C=O) groups excluding carboxylic acids is 1. The summed E-state index contributed by atoms with van der Waals surface area (Å²) in [6, 6.07) is 7.05. The van der Waals surface area contributed by atoms with Crippen LogP contribution in [0.4, 0.5) is 11.4 Å². The maximum atomic E-state index is 12.0. The number of nitrogens with zero attached hydrogens (tertiary/aromatic N) is 2. The minimum atomic E-state index is -0.152. The number of nitrogen functional groups attached to an aromatic ring is 1. The normalized spacial score (nSPS) is 10.3. The minimum Gasteiger partial charge on any atom is -0.495 e. The average Bonchev–Trinajstić information content (AvgIpc) is 2.68. The molecule has 0 aliphatic heterocycles. The number of benzene rings is 1. The molecule has 0 saturated heterocycles. The molecule has 0 aliphatic carbocycles. The van der Waals surface area contributed by atoms with Crippen LogP contribution in [0, 0.1) is 13.8 Å². The van der Waals surface area contributed by atoms with Crippen LogP contribution >= 0.6 is 0 Å². The Hall–Kier alpha value is -2.50. The van der Waals surface area contributed by atoms with Gasteiger partial charge >= 0.3 is 0 Å². The number of carbonyl (C=O) groups is 1. The van der Waals surface area contributed by atoms with Gasteiger partial charge in [0.25, 0.3) is 0 Å². The molecule has 3 N–H and O–H groups in total. The van der Waals surface area contributed by atoms with Crippen molar-refractivity contribution in [3.05, 3.63) is 35.7 Å². The summed E-state index contributed by atoms with van der Waals surface area (Å²) in [6.07, 6.45) is 0. The highest BCUT2D eigenvalue weighted by atomic mass is 16.5. The lowest BCUT2D eigenvalue weighted by atomic mass is 10.2. The Morgan fingerprint density at radius 1 is 1.40 bits per heavy atom. The fourth-order valence-corrected chi connectivity index (χ4v) is 1.98. The van der Waals surface area contributed by atoms with Gasteiger partial charge in [0.05, 0.1) is 18.5 Å². The van der Waals surface area contributed by atoms with Crippen LogP contribution in [0.15, 0.2) is 24.3 Å². The van der Waals surface area contributed by atoms with Gasteiger partial charge in [0, 0.05) is 11.4 Å². The van der Waals surface area contributed by atoms with Gasteiger partial charge in [-0.15, -0.1) is 0 Å². The van der Waals surface area contributed by atoms with Crippen molar-refractivity contribution >= 4 is 17.3 Å². The summed E-state index contributed by atoms with van der Waals surface area (Å²) in [5, 5.41) is 7.03. The molecule has 1 aromatic carbocycles. The third kappa shape index (κ3) is 3.09. The lowest BCUT2D eigenvalue weighted by molar-refractivity contribution is -0.116. The molecule has 0 atom stereocenters. The number of hydrogen-bond donors (Lipinski definition) is 2. The summed E-state index contributed by atoms with van der Waals surface area (Å²) >= 11 is 0. The molecule has 0 radical (unpaired) electrons. The molecular formula is C14H18N4O2. The SMILES string of the molecule is COc1ccc(NC(=O)Cn2nc(C)cc2C)cc1N. The Bertz CT molecular complexity index is 634. The van der Waals surface area contributed by atoms with Gasteiger partial charge in [-0.25, -0.2) is 0 Å². The first kappa shape index (κ1) is 13.9. The van der Waals surface area contributed by atoms with E-state index < -0.39 is 0 Å². The number of methoxy groups -OCH3 is 1. The van der Waals surface area contributed by atoms with Gasteiger partial charge < -0.3 is 15.8 Å². The number of aromatic nitrogens is 2. The van der Waals surface area contributed by atoms with Gasteiger partial charge in [0.15, 0.2) is 0 Å². The molecule has 0 bridgehead atoms. The smallest absolute Gasteiger partial charge is 0.246 e. The Labute approximate surface area is 117 Å². The van der Waals surface area contributed by atoms with Gasteiger partial charge in [-0.3, -0.25) is 9.48 Å². The molecule has 0 fully saturated rings. The van der Waals surface area contributed by atoms with Crippen molar-refractivity contribution in [3.8, 4) is 5.75 Å². The standard InChI is InChI=1S/C14H18N4O2/c1-9-6-10(2)18(17-9)8-14(19)16-11-4-5-13(20-3)12(15)7-11/h4-7H,8,15H2,1-3H3,(H,16,19). The molecule has 0 aliphatic rings. The van der Waals surface area contributed by atoms with Crippen molar-refractivity contribution in [1.29, 1.82) is 0 Å². The molecule has 6 nitrogen and oxygen atoms in total. The van der Waals surface area contributed by atoms with Gasteiger partial charge in [-0.1, -0.05) is 0 Å². The number of nitrogens with two attached hydrogens (primary N) is 1. The molecule has 0 spiro atoms. The zero-order valence-corrected chi connectivity index (χ0v) is 11.8. The van der Waals surface area contributed by atoms with Crippen LogP contribution in [0.1, 0.15) is 11.4 Å². The lowest BCUT2D eigenvalue weighted by Crippen LogP contribution is -2.20. The quantitative estimate of drug-likeness (QED) is 0.832. The Morgan fingerprint density at radius 2 is 2.15 bits per heavy atom. The maximum absolute atomic E-state index is 12.0. The summed E-state index contributed by atoms with van der Waals surface area (Å²) in [6.45, 7) is 3.98. The molecular weight excluding hydrogens is 256 g/mol. The predicted molar refractivity (Wildman–Crippen MR) is 77.7 cm³/mol. The van der Waals surface area contributed by atoms with E-state index in [9.17, 15) is 4.79 Å². The van der Waals surface area contributed by atoms with Gasteiger partial charge in [-0.05, 0) is 38.1 Å². The first-order valence-electron chi connectivity index (χ1n) is 6.24. The van der Waals surface area contributed by atoms with E-state index in [1.807, 2.05) is 19.9 Å². The van der Waals surface area contributed by atoms with Crippen LogP contribution in [-0.4, -0.2) is 22.8 Å². The second kappa shape index (κ2) is 5.64. The summed E-state index contributed by atoms with van der Waals surface area (Å²) < 4.78 is 6.73. The minimum absolute atomic E-state index is 0.152. The van der Waals surface area contributed by atoms with Crippen molar-refractivity contribution in [2.24, 2.45) is 0 Å². The monoisotopic (exact) mass is 274 g/mol. The highest BCUT2D eigenvalue weighted by Gasteiger charge is 2.08. The van der Waals surface area contributed by atoms with Crippen molar-refractivity contribution in [2.45, 2.75) is 20.4 Å². The third-order valence-corrected chi connectivity index (χ3v) is 2.91. The number of hydrogen-bond acceptors (Lipinski definition) is 4. The predicted octanol–water partition coefficient (Wildman–Crippen LogP) is 1.73. The topological polar surface area (TPSA) is 82.2 Å². The summed E-state index contributed by atoms with van der Waals surface area (Å²) in [5.41, 5.74) is 8.75. The second-order valence-electron chi connectivity index (χ2n) is 4.59. The van der Waals surface area contributed by atoms with E-state index in [0.29, 0.717) is 17.1 Å². The van der Waals surface area contributed by atoms with E-state index in [1.54, 1.807) is 30.0 Å². The van der Waals surface area contributed by atoms with Gasteiger partial charge in [-0.2, -0.15) is 5.10 Å². The molecule has 106 valence electrons. The van der Waals surface area contributed by atoms with Crippen LogP contribution < -0.4 is 15.8 Å². The van der Waals surface area contributed by atoms with E-state index in [-0.39, 0.29) is 12.5 Å². The highest BCUT2D eigenvalue weighted by Crippen LogP contribution is 2.24. The first-order chi connectivity index (χ1) is 9.49. The average molecular weight is 274 g/mol. The molecule has 2 aromatic rings. The Kier molecular flexibility index (Phi) is 3.93. The van der Waals surface area contributed by atoms with Crippen molar-refractivity contribution in [3.63, 3.8) is 0 Å². The lowest BCUT2D eigenvalue weighted by Gasteiger charge is -2.09. The van der Waals surface area contributed by atoms with Crippen LogP contribution in [0.3, 0.4) is 0 Å². The fourth-order valence-electron chi connectivity index (χ4n) is 1.98. The van der Waals surface area contributed by atoms with Crippen LogP contribution in [-0.2, 0) is 11.3 Å². The molecule has 6 heteroatoms. The van der Waals surface area contributed by atoms with Crippen molar-refractivity contribution in [2.75, 3.05) is 18.2 Å². The van der Waals surface area contributed by atoms with E-state index in [4.69, 9.17) is 10.5 Å². The van der Waals surface area contributed by atoms with Gasteiger partial charge in [0.2, 0.25) is 5.91 Å². The molecule has 20 heavy (non-hydrogen) atoms. The molecule has 0 saturated carbocycles. The Balaban J connectivity index is 2.04. The highest BCUT2D eigenvalue weighted by molar-refractivity contribution is 5.91. The fraction of sp³-hybridized carbons (Fsp3) is 0.286. The maximum Gasteiger partial charge on any atom is 0.246 e. The number of rotatable bonds is 4. The van der Waals surface area contributed by atoms with Crippen LogP contribution in [0.2, 0.25) is 0 Å². The van der Waals surface area contributed by atoms with Crippen molar-refractivity contribution in [1.82, 2.24) is 9.78 Å². The number of aryl methyl sites for hydroxylation is 2. The molecule has 2 rings (SSSR count). The number of amides is 1. The van der Waals surface area contributed by atoms with E-state index in [1.165, 1.54) is 0 Å². The van der Waals surface area contributed by atoms with E-state index in [0.717, 1.165) is 11.4 Å². The molecule has 0 unspecified atom stereocenters. The van der Waals surface area contributed by atoms with E-state index >= 15 is 0 Å². The molecule has 1 aromatic heterocycles. The van der Waals surface area contributed by atoms with Crippen molar-refractivity contribution < 1.29 is 9.53 Å². The Morgan fingerprint density at radius 3 is 2.70 bits per heavy atom. The van der Waals surface area contributed by atoms with Gasteiger partial charge in [0.1, 0.15) is 12.3 Å².